The quantitative estimate of drug-likeness (QED) is 0.679. The molecule has 1 heterocycles. The van der Waals surface area contributed by atoms with Crippen LogP contribution >= 0.6 is 0 Å². The molecule has 1 rings (SSSR count). The smallest absolute Gasteiger partial charge is 0.319 e. The Labute approximate surface area is 119 Å². The number of ether oxygens (including phenoxy) is 1. The minimum Gasteiger partial charge on any atom is -0.465 e. The van der Waals surface area contributed by atoms with Gasteiger partial charge in [0.1, 0.15) is 5.92 Å². The first-order chi connectivity index (χ1) is 9.25. The molecule has 0 aliphatic rings. The van der Waals surface area contributed by atoms with E-state index in [2.05, 4.69) is 10.3 Å². The van der Waals surface area contributed by atoms with Gasteiger partial charge in [-0.05, 0) is 30.9 Å². The normalized spacial score (nSPS) is 12.7. The Kier molecular flexibility index (Phi) is 5.25. The number of aromatic nitrogens is 1. The molecule has 0 aromatic carbocycles. The topological polar surface area (TPSA) is 68.3 Å². The van der Waals surface area contributed by atoms with E-state index in [0.29, 0.717) is 5.69 Å². The van der Waals surface area contributed by atoms with Crippen molar-refractivity contribution >= 4 is 17.6 Å². The summed E-state index contributed by atoms with van der Waals surface area (Å²) in [7, 11) is 0. The fraction of sp³-hybridized carbons (Fsp3) is 0.533. The van der Waals surface area contributed by atoms with Gasteiger partial charge in [-0.3, -0.25) is 14.6 Å². The summed E-state index contributed by atoms with van der Waals surface area (Å²) in [5.41, 5.74) is 0.993. The van der Waals surface area contributed by atoms with Gasteiger partial charge < -0.3 is 10.1 Å². The molecule has 0 saturated heterocycles. The number of rotatable bonds is 4. The fourth-order valence-corrected chi connectivity index (χ4v) is 1.92. The monoisotopic (exact) mass is 278 g/mol. The molecular weight excluding hydrogens is 256 g/mol. The summed E-state index contributed by atoms with van der Waals surface area (Å²) in [5.74, 6) is -1.73. The Morgan fingerprint density at radius 3 is 2.50 bits per heavy atom. The number of carbonyl (C=O) groups is 2. The number of anilines is 1. The fourth-order valence-electron chi connectivity index (χ4n) is 1.92. The van der Waals surface area contributed by atoms with Gasteiger partial charge in [-0.1, -0.05) is 20.8 Å². The van der Waals surface area contributed by atoms with Crippen LogP contribution < -0.4 is 5.32 Å². The highest BCUT2D eigenvalue weighted by Crippen LogP contribution is 2.28. The maximum atomic E-state index is 12.3. The van der Waals surface area contributed by atoms with Crippen LogP contribution in [0.4, 0.5) is 5.69 Å². The van der Waals surface area contributed by atoms with Crippen LogP contribution in [0.5, 0.6) is 0 Å². The van der Waals surface area contributed by atoms with Crippen molar-refractivity contribution in [2.75, 3.05) is 11.9 Å². The van der Waals surface area contributed by atoms with E-state index in [0.717, 1.165) is 5.56 Å². The molecule has 0 aliphatic heterocycles. The summed E-state index contributed by atoms with van der Waals surface area (Å²) in [4.78, 5) is 28.3. The molecule has 5 heteroatoms. The molecule has 0 fully saturated rings. The summed E-state index contributed by atoms with van der Waals surface area (Å²) >= 11 is 0. The molecule has 0 bridgehead atoms. The van der Waals surface area contributed by atoms with Gasteiger partial charge in [-0.2, -0.15) is 0 Å². The molecule has 0 radical (unpaired) electrons. The summed E-state index contributed by atoms with van der Waals surface area (Å²) in [6, 6.07) is 1.80. The molecule has 1 unspecified atom stereocenters. The zero-order valence-electron chi connectivity index (χ0n) is 12.7. The lowest BCUT2D eigenvalue weighted by atomic mass is 9.80. The molecule has 1 atom stereocenters. The number of aryl methyl sites for hydroxylation is 1. The summed E-state index contributed by atoms with van der Waals surface area (Å²) in [6.07, 6.45) is 3.25. The van der Waals surface area contributed by atoms with Crippen molar-refractivity contribution < 1.29 is 14.3 Å². The average molecular weight is 278 g/mol. The number of esters is 1. The molecule has 1 aromatic rings. The molecule has 5 nitrogen and oxygen atoms in total. The van der Waals surface area contributed by atoms with Crippen LogP contribution in [0.2, 0.25) is 0 Å². The number of nitrogens with one attached hydrogen (secondary N) is 1. The van der Waals surface area contributed by atoms with E-state index in [9.17, 15) is 9.59 Å². The number of amides is 1. The molecule has 1 amide bonds. The van der Waals surface area contributed by atoms with Gasteiger partial charge in [0.25, 0.3) is 0 Å². The van der Waals surface area contributed by atoms with Crippen molar-refractivity contribution in [3.05, 3.63) is 24.0 Å². The highest BCUT2D eigenvalue weighted by molar-refractivity contribution is 6.05. The van der Waals surface area contributed by atoms with Crippen LogP contribution in [0, 0.1) is 18.3 Å². The van der Waals surface area contributed by atoms with E-state index in [1.54, 1.807) is 25.4 Å². The second-order valence-corrected chi connectivity index (χ2v) is 5.79. The van der Waals surface area contributed by atoms with Gasteiger partial charge in [-0.25, -0.2) is 0 Å². The van der Waals surface area contributed by atoms with Crippen molar-refractivity contribution in [3.63, 3.8) is 0 Å². The Bertz CT molecular complexity index is 492. The Morgan fingerprint density at radius 2 is 2.00 bits per heavy atom. The molecular formula is C15H22N2O3. The first-order valence-corrected chi connectivity index (χ1v) is 6.65. The summed E-state index contributed by atoms with van der Waals surface area (Å²) < 4.78 is 5.00. The van der Waals surface area contributed by atoms with Crippen LogP contribution in [-0.4, -0.2) is 23.5 Å². The van der Waals surface area contributed by atoms with Crippen LogP contribution in [0.15, 0.2) is 18.5 Å². The molecule has 0 aliphatic carbocycles. The zero-order chi connectivity index (χ0) is 15.3. The van der Waals surface area contributed by atoms with Crippen LogP contribution in [0.25, 0.3) is 0 Å². The third-order valence-electron chi connectivity index (χ3n) is 2.79. The van der Waals surface area contributed by atoms with Gasteiger partial charge in [-0.15, -0.1) is 0 Å². The first-order valence-electron chi connectivity index (χ1n) is 6.65. The predicted molar refractivity (Wildman–Crippen MR) is 77.2 cm³/mol. The van der Waals surface area contributed by atoms with Crippen molar-refractivity contribution in [2.24, 2.45) is 11.3 Å². The summed E-state index contributed by atoms with van der Waals surface area (Å²) in [5, 5.41) is 2.73. The average Bonchev–Trinajstić information content (AvgIpc) is 2.26. The van der Waals surface area contributed by atoms with E-state index in [1.165, 1.54) is 0 Å². The first kappa shape index (κ1) is 16.1. The lowest BCUT2D eigenvalue weighted by Crippen LogP contribution is -2.40. The summed E-state index contributed by atoms with van der Waals surface area (Å²) in [6.45, 7) is 9.37. The molecule has 0 saturated carbocycles. The van der Waals surface area contributed by atoms with E-state index < -0.39 is 17.3 Å². The predicted octanol–water partition coefficient (Wildman–Crippen LogP) is 2.55. The van der Waals surface area contributed by atoms with Crippen molar-refractivity contribution in [3.8, 4) is 0 Å². The van der Waals surface area contributed by atoms with Crippen LogP contribution in [0.3, 0.4) is 0 Å². The molecule has 1 aromatic heterocycles. The molecule has 1 N–H and O–H groups in total. The number of carbonyl (C=O) groups excluding carboxylic acids is 2. The third-order valence-corrected chi connectivity index (χ3v) is 2.79. The van der Waals surface area contributed by atoms with Gasteiger partial charge in [0, 0.05) is 6.20 Å². The van der Waals surface area contributed by atoms with Crippen LogP contribution in [-0.2, 0) is 14.3 Å². The van der Waals surface area contributed by atoms with Gasteiger partial charge in [0.2, 0.25) is 5.91 Å². The lowest BCUT2D eigenvalue weighted by Gasteiger charge is -2.27. The molecule has 0 spiro atoms. The zero-order valence-corrected chi connectivity index (χ0v) is 12.7. The molecule has 20 heavy (non-hydrogen) atoms. The molecule has 110 valence electrons. The Hall–Kier alpha value is -1.91. The Balaban J connectivity index is 2.92. The van der Waals surface area contributed by atoms with E-state index >= 15 is 0 Å². The number of pyridine rings is 1. The SMILES string of the molecule is CCOC(=O)C(C(=O)Nc1cncc(C)c1)C(C)(C)C. The Morgan fingerprint density at radius 1 is 1.35 bits per heavy atom. The second kappa shape index (κ2) is 6.50. The van der Waals surface area contributed by atoms with Gasteiger partial charge >= 0.3 is 5.97 Å². The van der Waals surface area contributed by atoms with Crippen molar-refractivity contribution in [1.29, 1.82) is 0 Å². The number of nitrogens with zero attached hydrogens (tertiary/aromatic N) is 1. The van der Waals surface area contributed by atoms with Gasteiger partial charge in [0.15, 0.2) is 0 Å². The van der Waals surface area contributed by atoms with Crippen molar-refractivity contribution in [1.82, 2.24) is 4.98 Å². The van der Waals surface area contributed by atoms with Gasteiger partial charge in [0.05, 0.1) is 18.5 Å². The standard InChI is InChI=1S/C15H22N2O3/c1-6-20-14(19)12(15(3,4)5)13(18)17-11-7-10(2)8-16-9-11/h7-9,12H,6H2,1-5H3,(H,17,18). The van der Waals surface area contributed by atoms with Crippen LogP contribution in [0.1, 0.15) is 33.3 Å². The number of hydrogen-bond donors (Lipinski definition) is 1. The van der Waals surface area contributed by atoms with E-state index in [1.807, 2.05) is 27.7 Å². The van der Waals surface area contributed by atoms with E-state index in [4.69, 9.17) is 4.74 Å². The lowest BCUT2D eigenvalue weighted by molar-refractivity contribution is -0.155. The van der Waals surface area contributed by atoms with E-state index in [-0.39, 0.29) is 12.5 Å². The maximum Gasteiger partial charge on any atom is 0.319 e. The number of hydrogen-bond acceptors (Lipinski definition) is 4. The maximum absolute atomic E-state index is 12.3. The minimum atomic E-state index is -0.858. The highest BCUT2D eigenvalue weighted by Gasteiger charge is 2.38. The highest BCUT2D eigenvalue weighted by atomic mass is 16.5. The largest absolute Gasteiger partial charge is 0.465 e. The third kappa shape index (κ3) is 4.33. The minimum absolute atomic E-state index is 0.255. The van der Waals surface area contributed by atoms with Crippen molar-refractivity contribution in [2.45, 2.75) is 34.6 Å². The second-order valence-electron chi connectivity index (χ2n) is 5.79.